The Morgan fingerprint density at radius 1 is 1.21 bits per heavy atom. The van der Waals surface area contributed by atoms with Gasteiger partial charge in [-0.3, -0.25) is 4.79 Å². The lowest BCUT2D eigenvalue weighted by atomic mass is 9.98. The standard InChI is InChI=1S/C17H25NO6/c1-17(2,3)24-16(21)18-10-12(15(19)20)8-11-6-7-13(22-4)9-14(11)23-5/h6-7,9,12H,8,10H2,1-5H3,(H,18,21)(H,19,20). The second-order valence-electron chi connectivity index (χ2n) is 6.30. The number of nitrogens with one attached hydrogen (secondary N) is 1. The van der Waals surface area contributed by atoms with Crippen molar-refractivity contribution < 1.29 is 28.9 Å². The molecule has 1 rings (SSSR count). The molecule has 1 aromatic carbocycles. The van der Waals surface area contributed by atoms with Gasteiger partial charge in [-0.1, -0.05) is 6.07 Å². The van der Waals surface area contributed by atoms with Crippen LogP contribution in [-0.4, -0.2) is 43.5 Å². The Kier molecular flexibility index (Phi) is 6.88. The summed E-state index contributed by atoms with van der Waals surface area (Å²) in [4.78, 5) is 23.1. The van der Waals surface area contributed by atoms with Crippen LogP contribution in [0.4, 0.5) is 4.79 Å². The smallest absolute Gasteiger partial charge is 0.407 e. The van der Waals surface area contributed by atoms with E-state index < -0.39 is 23.6 Å². The highest BCUT2D eigenvalue weighted by Gasteiger charge is 2.23. The minimum absolute atomic E-state index is 0.0422. The summed E-state index contributed by atoms with van der Waals surface area (Å²) in [5.74, 6) is -0.657. The molecule has 0 saturated heterocycles. The number of alkyl carbamates (subject to hydrolysis) is 1. The first-order valence-electron chi connectivity index (χ1n) is 7.57. The molecule has 7 nitrogen and oxygen atoms in total. The number of carboxylic acid groups (broad SMARTS) is 1. The summed E-state index contributed by atoms with van der Waals surface area (Å²) in [6, 6.07) is 5.18. The van der Waals surface area contributed by atoms with Crippen molar-refractivity contribution in [1.29, 1.82) is 0 Å². The molecule has 1 atom stereocenters. The van der Waals surface area contributed by atoms with Crippen LogP contribution in [0.25, 0.3) is 0 Å². The highest BCUT2D eigenvalue weighted by Crippen LogP contribution is 2.26. The molecule has 0 aromatic heterocycles. The predicted molar refractivity (Wildman–Crippen MR) is 88.6 cm³/mol. The first-order chi connectivity index (χ1) is 11.2. The fraction of sp³-hybridized carbons (Fsp3) is 0.529. The second-order valence-corrected chi connectivity index (χ2v) is 6.30. The van der Waals surface area contributed by atoms with E-state index in [4.69, 9.17) is 14.2 Å². The molecule has 1 unspecified atom stereocenters. The van der Waals surface area contributed by atoms with Gasteiger partial charge in [0, 0.05) is 12.6 Å². The first-order valence-corrected chi connectivity index (χ1v) is 7.57. The number of hydrogen-bond acceptors (Lipinski definition) is 5. The zero-order valence-electron chi connectivity index (χ0n) is 14.7. The molecule has 0 spiro atoms. The molecule has 0 aliphatic carbocycles. The molecule has 0 fully saturated rings. The largest absolute Gasteiger partial charge is 0.497 e. The van der Waals surface area contributed by atoms with E-state index in [2.05, 4.69) is 5.32 Å². The number of carboxylic acids is 1. The Balaban J connectivity index is 2.77. The molecule has 0 aliphatic heterocycles. The molecule has 24 heavy (non-hydrogen) atoms. The van der Waals surface area contributed by atoms with Gasteiger partial charge in [-0.15, -0.1) is 0 Å². The lowest BCUT2D eigenvalue weighted by Crippen LogP contribution is -2.37. The zero-order valence-corrected chi connectivity index (χ0v) is 14.7. The van der Waals surface area contributed by atoms with Crippen LogP contribution in [0, 0.1) is 5.92 Å². The average Bonchev–Trinajstić information content (AvgIpc) is 2.49. The third kappa shape index (κ3) is 6.36. The van der Waals surface area contributed by atoms with Crippen molar-refractivity contribution in [3.63, 3.8) is 0 Å². The van der Waals surface area contributed by atoms with Gasteiger partial charge in [0.05, 0.1) is 20.1 Å². The number of amides is 1. The van der Waals surface area contributed by atoms with Crippen LogP contribution >= 0.6 is 0 Å². The van der Waals surface area contributed by atoms with E-state index in [0.29, 0.717) is 11.5 Å². The monoisotopic (exact) mass is 339 g/mol. The Morgan fingerprint density at radius 2 is 1.88 bits per heavy atom. The van der Waals surface area contributed by atoms with E-state index in [1.165, 1.54) is 7.11 Å². The van der Waals surface area contributed by atoms with E-state index >= 15 is 0 Å². The number of benzene rings is 1. The maximum atomic E-state index is 11.7. The molecule has 0 radical (unpaired) electrons. The third-order valence-corrected chi connectivity index (χ3v) is 3.20. The van der Waals surface area contributed by atoms with Crippen molar-refractivity contribution >= 4 is 12.1 Å². The van der Waals surface area contributed by atoms with Crippen LogP contribution in [0.3, 0.4) is 0 Å². The molecule has 7 heteroatoms. The van der Waals surface area contributed by atoms with Crippen LogP contribution in [-0.2, 0) is 16.0 Å². The van der Waals surface area contributed by atoms with Gasteiger partial charge in [0.15, 0.2) is 0 Å². The van der Waals surface area contributed by atoms with Gasteiger partial charge in [0.2, 0.25) is 0 Å². The van der Waals surface area contributed by atoms with Crippen molar-refractivity contribution in [2.45, 2.75) is 32.8 Å². The molecule has 0 saturated carbocycles. The minimum Gasteiger partial charge on any atom is -0.497 e. The number of carbonyl (C=O) groups excluding carboxylic acids is 1. The van der Waals surface area contributed by atoms with Gasteiger partial charge in [-0.2, -0.15) is 0 Å². The topological polar surface area (TPSA) is 94.1 Å². The molecule has 0 aliphatic rings. The molecule has 1 aromatic rings. The number of hydrogen-bond donors (Lipinski definition) is 2. The number of methoxy groups -OCH3 is 2. The Bertz CT molecular complexity index is 579. The van der Waals surface area contributed by atoms with E-state index in [0.717, 1.165) is 5.56 Å². The zero-order chi connectivity index (χ0) is 18.3. The number of ether oxygens (including phenoxy) is 3. The normalized spacial score (nSPS) is 12.2. The van der Waals surface area contributed by atoms with Gasteiger partial charge in [-0.25, -0.2) is 4.79 Å². The van der Waals surface area contributed by atoms with Crippen LogP contribution in [0.15, 0.2) is 18.2 Å². The maximum Gasteiger partial charge on any atom is 0.407 e. The van der Waals surface area contributed by atoms with Crippen molar-refractivity contribution in [3.8, 4) is 11.5 Å². The van der Waals surface area contributed by atoms with Crippen LogP contribution in [0.5, 0.6) is 11.5 Å². The molecular weight excluding hydrogens is 314 g/mol. The van der Waals surface area contributed by atoms with Gasteiger partial charge in [0.1, 0.15) is 17.1 Å². The molecule has 1 amide bonds. The molecule has 134 valence electrons. The van der Waals surface area contributed by atoms with Gasteiger partial charge in [0.25, 0.3) is 0 Å². The summed E-state index contributed by atoms with van der Waals surface area (Å²) in [6.45, 7) is 5.18. The summed E-state index contributed by atoms with van der Waals surface area (Å²) in [7, 11) is 3.05. The molecule has 2 N–H and O–H groups in total. The third-order valence-electron chi connectivity index (χ3n) is 3.20. The van der Waals surface area contributed by atoms with Crippen molar-refractivity contribution in [1.82, 2.24) is 5.32 Å². The lowest BCUT2D eigenvalue weighted by Gasteiger charge is -2.21. The van der Waals surface area contributed by atoms with Crippen LogP contribution in [0.1, 0.15) is 26.3 Å². The summed E-state index contributed by atoms with van der Waals surface area (Å²) < 4.78 is 15.5. The van der Waals surface area contributed by atoms with E-state index in [1.54, 1.807) is 46.1 Å². The minimum atomic E-state index is -1.01. The van der Waals surface area contributed by atoms with Crippen molar-refractivity contribution in [2.75, 3.05) is 20.8 Å². The Morgan fingerprint density at radius 3 is 2.38 bits per heavy atom. The van der Waals surface area contributed by atoms with Gasteiger partial charge in [-0.05, 0) is 38.8 Å². The van der Waals surface area contributed by atoms with E-state index in [9.17, 15) is 14.7 Å². The summed E-state index contributed by atoms with van der Waals surface area (Å²) in [5, 5.41) is 11.9. The lowest BCUT2D eigenvalue weighted by molar-refractivity contribution is -0.141. The quantitative estimate of drug-likeness (QED) is 0.792. The van der Waals surface area contributed by atoms with Crippen molar-refractivity contribution in [2.24, 2.45) is 5.92 Å². The fourth-order valence-corrected chi connectivity index (χ4v) is 2.05. The number of carbonyl (C=O) groups is 2. The summed E-state index contributed by atoms with van der Waals surface area (Å²) >= 11 is 0. The van der Waals surface area contributed by atoms with Crippen LogP contribution in [0.2, 0.25) is 0 Å². The Hall–Kier alpha value is -2.44. The number of aliphatic carboxylic acids is 1. The van der Waals surface area contributed by atoms with Gasteiger partial charge >= 0.3 is 12.1 Å². The van der Waals surface area contributed by atoms with E-state index in [-0.39, 0.29) is 13.0 Å². The summed E-state index contributed by atoms with van der Waals surface area (Å²) in [6.07, 6.45) is -0.436. The molecule has 0 bridgehead atoms. The molecular formula is C17H25NO6. The SMILES string of the molecule is COc1ccc(CC(CNC(=O)OC(C)(C)C)C(=O)O)c(OC)c1. The molecule has 0 heterocycles. The van der Waals surface area contributed by atoms with Crippen LogP contribution < -0.4 is 14.8 Å². The van der Waals surface area contributed by atoms with Crippen molar-refractivity contribution in [3.05, 3.63) is 23.8 Å². The number of rotatable bonds is 7. The Labute approximate surface area is 141 Å². The predicted octanol–water partition coefficient (Wildman–Crippen LogP) is 2.47. The fourth-order valence-electron chi connectivity index (χ4n) is 2.05. The highest BCUT2D eigenvalue weighted by atomic mass is 16.6. The maximum absolute atomic E-state index is 11.7. The second kappa shape index (κ2) is 8.42. The first kappa shape index (κ1) is 19.6. The van der Waals surface area contributed by atoms with E-state index in [1.807, 2.05) is 0 Å². The highest BCUT2D eigenvalue weighted by molar-refractivity contribution is 5.73. The van der Waals surface area contributed by atoms with Gasteiger partial charge < -0.3 is 24.6 Å². The summed E-state index contributed by atoms with van der Waals surface area (Å²) in [5.41, 5.74) is 0.0823. The average molecular weight is 339 g/mol.